The molecule has 4 nitrogen and oxygen atoms in total. The Balaban J connectivity index is 2.20. The molecule has 1 aromatic carbocycles. The van der Waals surface area contributed by atoms with Gasteiger partial charge in [0.25, 0.3) is 0 Å². The number of nitrogen functional groups attached to an aromatic ring is 1. The SMILES string of the molecule is Nc1cc(-c2coc3ccccc23)sc1C(=O)O. The summed E-state index contributed by atoms with van der Waals surface area (Å²) >= 11 is 1.16. The first-order chi connectivity index (χ1) is 8.66. The number of carbonyl (C=O) groups is 1. The molecule has 2 aromatic heterocycles. The van der Waals surface area contributed by atoms with Crippen LogP contribution in [-0.2, 0) is 0 Å². The summed E-state index contributed by atoms with van der Waals surface area (Å²) in [5.74, 6) is -1.00. The van der Waals surface area contributed by atoms with Crippen molar-refractivity contribution in [2.24, 2.45) is 0 Å². The van der Waals surface area contributed by atoms with Crippen LogP contribution >= 0.6 is 11.3 Å². The number of benzene rings is 1. The van der Waals surface area contributed by atoms with Gasteiger partial charge in [0, 0.05) is 15.8 Å². The van der Waals surface area contributed by atoms with Gasteiger partial charge in [-0.25, -0.2) is 4.79 Å². The van der Waals surface area contributed by atoms with Crippen molar-refractivity contribution in [3.8, 4) is 10.4 Å². The second-order valence-corrected chi connectivity index (χ2v) is 4.90. The number of thiophene rings is 1. The van der Waals surface area contributed by atoms with E-state index in [2.05, 4.69) is 0 Å². The number of aromatic carboxylic acids is 1. The van der Waals surface area contributed by atoms with E-state index in [1.165, 1.54) is 0 Å². The van der Waals surface area contributed by atoms with Crippen LogP contribution in [0.3, 0.4) is 0 Å². The first kappa shape index (κ1) is 10.9. The predicted octanol–water partition coefficient (Wildman–Crippen LogP) is 3.44. The van der Waals surface area contributed by atoms with Crippen molar-refractivity contribution in [2.45, 2.75) is 0 Å². The van der Waals surface area contributed by atoms with Gasteiger partial charge in [-0.05, 0) is 12.1 Å². The fraction of sp³-hybridized carbons (Fsp3) is 0. The van der Waals surface area contributed by atoms with E-state index in [9.17, 15) is 4.79 Å². The lowest BCUT2D eigenvalue weighted by molar-refractivity contribution is 0.0703. The summed E-state index contributed by atoms with van der Waals surface area (Å²) in [5.41, 5.74) is 7.62. The summed E-state index contributed by atoms with van der Waals surface area (Å²) < 4.78 is 5.43. The second kappa shape index (κ2) is 3.89. The van der Waals surface area contributed by atoms with E-state index in [0.717, 1.165) is 32.7 Å². The van der Waals surface area contributed by atoms with Crippen LogP contribution in [0, 0.1) is 0 Å². The van der Waals surface area contributed by atoms with Crippen LogP contribution in [0.15, 0.2) is 41.0 Å². The summed E-state index contributed by atoms with van der Waals surface area (Å²) in [6.07, 6.45) is 1.63. The fourth-order valence-corrected chi connectivity index (χ4v) is 2.81. The van der Waals surface area contributed by atoms with Crippen molar-refractivity contribution < 1.29 is 14.3 Å². The Bertz CT molecular complexity index is 742. The lowest BCUT2D eigenvalue weighted by Gasteiger charge is -1.91. The van der Waals surface area contributed by atoms with Crippen LogP contribution in [0.5, 0.6) is 0 Å². The molecule has 0 radical (unpaired) electrons. The standard InChI is InChI=1S/C13H9NO3S/c14-9-5-11(18-12(9)13(15)16)8-6-17-10-4-2-1-3-7(8)10/h1-6H,14H2,(H,15,16). The summed E-state index contributed by atoms with van der Waals surface area (Å²) in [7, 11) is 0. The van der Waals surface area contributed by atoms with E-state index in [-0.39, 0.29) is 10.6 Å². The van der Waals surface area contributed by atoms with Crippen molar-refractivity contribution in [1.82, 2.24) is 0 Å². The van der Waals surface area contributed by atoms with Crippen molar-refractivity contribution in [3.63, 3.8) is 0 Å². The average Bonchev–Trinajstić information content (AvgIpc) is 2.92. The van der Waals surface area contributed by atoms with Gasteiger partial charge in [-0.1, -0.05) is 18.2 Å². The zero-order valence-corrected chi connectivity index (χ0v) is 10.0. The van der Waals surface area contributed by atoms with Gasteiger partial charge in [0.2, 0.25) is 0 Å². The average molecular weight is 259 g/mol. The number of furan rings is 1. The van der Waals surface area contributed by atoms with E-state index >= 15 is 0 Å². The minimum absolute atomic E-state index is 0.162. The zero-order valence-electron chi connectivity index (χ0n) is 9.21. The minimum Gasteiger partial charge on any atom is -0.477 e. The summed E-state index contributed by atoms with van der Waals surface area (Å²) in [4.78, 5) is 11.9. The molecule has 0 atom stereocenters. The minimum atomic E-state index is -1.00. The van der Waals surface area contributed by atoms with Crippen LogP contribution in [0.25, 0.3) is 21.4 Å². The third kappa shape index (κ3) is 1.56. The van der Waals surface area contributed by atoms with Crippen LogP contribution in [-0.4, -0.2) is 11.1 Å². The number of rotatable bonds is 2. The maximum atomic E-state index is 11.0. The normalized spacial score (nSPS) is 10.9. The van der Waals surface area contributed by atoms with E-state index in [4.69, 9.17) is 15.3 Å². The maximum Gasteiger partial charge on any atom is 0.348 e. The van der Waals surface area contributed by atoms with E-state index in [1.807, 2.05) is 24.3 Å². The first-order valence-corrected chi connectivity index (χ1v) is 6.07. The number of carboxylic acids is 1. The highest BCUT2D eigenvalue weighted by Gasteiger charge is 2.16. The number of anilines is 1. The molecule has 18 heavy (non-hydrogen) atoms. The van der Waals surface area contributed by atoms with E-state index < -0.39 is 5.97 Å². The van der Waals surface area contributed by atoms with Gasteiger partial charge in [0.15, 0.2) is 0 Å². The summed E-state index contributed by atoms with van der Waals surface area (Å²) in [5, 5.41) is 9.95. The molecule has 0 aliphatic rings. The topological polar surface area (TPSA) is 76.5 Å². The molecule has 90 valence electrons. The maximum absolute atomic E-state index is 11.0. The van der Waals surface area contributed by atoms with Crippen LogP contribution < -0.4 is 5.73 Å². The highest BCUT2D eigenvalue weighted by molar-refractivity contribution is 7.18. The number of fused-ring (bicyclic) bond motifs is 1. The Morgan fingerprint density at radius 2 is 2.11 bits per heavy atom. The molecule has 0 saturated heterocycles. The van der Waals surface area contributed by atoms with Gasteiger partial charge in [-0.2, -0.15) is 0 Å². The quantitative estimate of drug-likeness (QED) is 0.739. The molecule has 5 heteroatoms. The van der Waals surface area contributed by atoms with E-state index in [1.54, 1.807) is 12.3 Å². The molecule has 0 spiro atoms. The molecule has 0 saturated carbocycles. The van der Waals surface area contributed by atoms with Gasteiger partial charge in [-0.3, -0.25) is 0 Å². The molecule has 0 bridgehead atoms. The number of nitrogens with two attached hydrogens (primary N) is 1. The van der Waals surface area contributed by atoms with E-state index in [0.29, 0.717) is 0 Å². The Kier molecular flexibility index (Phi) is 2.34. The predicted molar refractivity (Wildman–Crippen MR) is 70.9 cm³/mol. The largest absolute Gasteiger partial charge is 0.477 e. The molecule has 0 amide bonds. The molecule has 3 N–H and O–H groups in total. The molecule has 0 aliphatic heterocycles. The van der Waals surface area contributed by atoms with Gasteiger partial charge in [0.05, 0.1) is 5.69 Å². The van der Waals surface area contributed by atoms with Crippen LogP contribution in [0.4, 0.5) is 5.69 Å². The first-order valence-electron chi connectivity index (χ1n) is 5.26. The zero-order chi connectivity index (χ0) is 12.7. The molecule has 0 unspecified atom stereocenters. The fourth-order valence-electron chi connectivity index (χ4n) is 1.87. The molecule has 2 heterocycles. The Labute approximate surface area is 106 Å². The van der Waals surface area contributed by atoms with Crippen LogP contribution in [0.1, 0.15) is 9.67 Å². The Morgan fingerprint density at radius 3 is 2.83 bits per heavy atom. The summed E-state index contributed by atoms with van der Waals surface area (Å²) in [6, 6.07) is 9.28. The van der Waals surface area contributed by atoms with Crippen molar-refractivity contribution in [2.75, 3.05) is 5.73 Å². The van der Waals surface area contributed by atoms with Crippen molar-refractivity contribution in [1.29, 1.82) is 0 Å². The third-order valence-corrected chi connectivity index (χ3v) is 3.87. The number of hydrogen-bond donors (Lipinski definition) is 2. The number of para-hydroxylation sites is 1. The molecule has 3 rings (SSSR count). The van der Waals surface area contributed by atoms with Gasteiger partial charge in [0.1, 0.15) is 16.7 Å². The second-order valence-electron chi connectivity index (χ2n) is 3.85. The molecular formula is C13H9NO3S. The van der Waals surface area contributed by atoms with Crippen molar-refractivity contribution >= 4 is 34.0 Å². The molecule has 3 aromatic rings. The molecule has 0 aliphatic carbocycles. The van der Waals surface area contributed by atoms with Gasteiger partial charge >= 0.3 is 5.97 Å². The molecular weight excluding hydrogens is 250 g/mol. The molecule has 0 fully saturated rings. The third-order valence-electron chi connectivity index (χ3n) is 2.70. The van der Waals surface area contributed by atoms with Gasteiger partial charge in [-0.15, -0.1) is 11.3 Å². The van der Waals surface area contributed by atoms with Gasteiger partial charge < -0.3 is 15.3 Å². The lowest BCUT2D eigenvalue weighted by Crippen LogP contribution is -1.96. The van der Waals surface area contributed by atoms with Crippen LogP contribution in [0.2, 0.25) is 0 Å². The monoisotopic (exact) mass is 259 g/mol. The Morgan fingerprint density at radius 1 is 1.33 bits per heavy atom. The van der Waals surface area contributed by atoms with Crippen molar-refractivity contribution in [3.05, 3.63) is 41.5 Å². The summed E-state index contributed by atoms with van der Waals surface area (Å²) in [6.45, 7) is 0. The highest BCUT2D eigenvalue weighted by atomic mass is 32.1. The highest BCUT2D eigenvalue weighted by Crippen LogP contribution is 2.37. The Hall–Kier alpha value is -2.27. The lowest BCUT2D eigenvalue weighted by atomic mass is 10.1. The number of carboxylic acid groups (broad SMARTS) is 1. The smallest absolute Gasteiger partial charge is 0.348 e. The number of hydrogen-bond acceptors (Lipinski definition) is 4.